The maximum absolute atomic E-state index is 11.0. The van der Waals surface area contributed by atoms with Gasteiger partial charge in [0.2, 0.25) is 0 Å². The van der Waals surface area contributed by atoms with E-state index in [0.717, 1.165) is 16.8 Å². The molecule has 0 spiro atoms. The van der Waals surface area contributed by atoms with Crippen LogP contribution in [0.3, 0.4) is 0 Å². The second-order valence-corrected chi connectivity index (χ2v) is 3.05. The predicted molar refractivity (Wildman–Crippen MR) is 50.6 cm³/mol. The molecule has 0 radical (unpaired) electrons. The van der Waals surface area contributed by atoms with Gasteiger partial charge >= 0.3 is 5.69 Å². The van der Waals surface area contributed by atoms with E-state index in [4.69, 9.17) is 5.73 Å². The van der Waals surface area contributed by atoms with Gasteiger partial charge in [0.15, 0.2) is 5.82 Å². The molecular weight excluding hydrogens is 168 g/mol. The van der Waals surface area contributed by atoms with Crippen LogP contribution in [0.4, 0.5) is 5.82 Å². The van der Waals surface area contributed by atoms with Gasteiger partial charge in [-0.05, 0) is 19.4 Å². The zero-order valence-corrected chi connectivity index (χ0v) is 7.43. The molecular formula is C8H10N4O. The zero-order chi connectivity index (χ0) is 9.59. The Bertz CT molecular complexity index is 523. The Kier molecular flexibility index (Phi) is 1.42. The average molecular weight is 178 g/mol. The number of hydrogen-bond acceptors (Lipinski definition) is 3. The molecule has 0 aliphatic carbocycles. The molecule has 0 unspecified atom stereocenters. The molecule has 0 saturated carbocycles. The van der Waals surface area contributed by atoms with E-state index in [1.165, 1.54) is 0 Å². The highest BCUT2D eigenvalue weighted by molar-refractivity contribution is 5.87. The Morgan fingerprint density at radius 1 is 1.23 bits per heavy atom. The van der Waals surface area contributed by atoms with Crippen molar-refractivity contribution in [2.45, 2.75) is 13.8 Å². The third-order valence-electron chi connectivity index (χ3n) is 2.21. The van der Waals surface area contributed by atoms with Gasteiger partial charge in [0.05, 0.1) is 5.52 Å². The number of nitrogens with zero attached hydrogens (tertiary/aromatic N) is 1. The number of aromatic amines is 2. The number of H-pyrrole nitrogens is 2. The van der Waals surface area contributed by atoms with Crippen molar-refractivity contribution in [2.24, 2.45) is 0 Å². The lowest BCUT2D eigenvalue weighted by molar-refractivity contribution is 1.12. The van der Waals surface area contributed by atoms with Crippen molar-refractivity contribution < 1.29 is 0 Å². The lowest BCUT2D eigenvalue weighted by Crippen LogP contribution is -2.12. The Morgan fingerprint density at radius 2 is 1.92 bits per heavy atom. The van der Waals surface area contributed by atoms with E-state index >= 15 is 0 Å². The van der Waals surface area contributed by atoms with E-state index < -0.39 is 5.69 Å². The summed E-state index contributed by atoms with van der Waals surface area (Å²) in [5.74, 6) is 0.245. The highest BCUT2D eigenvalue weighted by Crippen LogP contribution is 2.20. The molecule has 0 aliphatic rings. The van der Waals surface area contributed by atoms with Crippen molar-refractivity contribution in [1.29, 1.82) is 0 Å². The number of hydrogen-bond donors (Lipinski definition) is 3. The van der Waals surface area contributed by atoms with Crippen LogP contribution in [0.2, 0.25) is 0 Å². The summed E-state index contributed by atoms with van der Waals surface area (Å²) in [5, 5.41) is 0. The summed E-state index contributed by atoms with van der Waals surface area (Å²) in [5.41, 5.74) is 8.61. The molecule has 5 heteroatoms. The second kappa shape index (κ2) is 2.35. The molecule has 0 bridgehead atoms. The number of nitrogen functional groups attached to an aromatic ring is 1. The second-order valence-electron chi connectivity index (χ2n) is 3.05. The number of nitrogens with two attached hydrogens (primary N) is 1. The normalized spacial score (nSPS) is 10.9. The third kappa shape index (κ3) is 1.00. The molecule has 13 heavy (non-hydrogen) atoms. The standard InChI is InChI=1S/C8H10N4O/c1-3-4(2)10-6-5(3)11-8(13)12-7(6)9/h10H,1-2H3,(H3,9,11,12,13). The maximum Gasteiger partial charge on any atom is 0.347 e. The molecule has 2 heterocycles. The SMILES string of the molecule is Cc1[nH]c2c(N)nc(=O)[nH]c2c1C. The highest BCUT2D eigenvalue weighted by atomic mass is 16.1. The summed E-state index contributed by atoms with van der Waals surface area (Å²) in [7, 11) is 0. The van der Waals surface area contributed by atoms with Crippen LogP contribution < -0.4 is 11.4 Å². The minimum absolute atomic E-state index is 0.245. The van der Waals surface area contributed by atoms with E-state index in [-0.39, 0.29) is 5.82 Å². The number of aryl methyl sites for hydroxylation is 2. The van der Waals surface area contributed by atoms with E-state index in [0.29, 0.717) is 5.52 Å². The van der Waals surface area contributed by atoms with Gasteiger partial charge in [0, 0.05) is 5.69 Å². The molecule has 0 aliphatic heterocycles. The molecule has 0 atom stereocenters. The lowest BCUT2D eigenvalue weighted by Gasteiger charge is -1.93. The van der Waals surface area contributed by atoms with Gasteiger partial charge in [-0.3, -0.25) is 0 Å². The maximum atomic E-state index is 11.0. The van der Waals surface area contributed by atoms with Gasteiger partial charge in [-0.25, -0.2) is 4.79 Å². The fraction of sp³-hybridized carbons (Fsp3) is 0.250. The topological polar surface area (TPSA) is 87.6 Å². The van der Waals surface area contributed by atoms with Crippen LogP contribution in [0.25, 0.3) is 11.0 Å². The minimum atomic E-state index is -0.410. The first-order chi connectivity index (χ1) is 6.09. The Morgan fingerprint density at radius 3 is 2.62 bits per heavy atom. The van der Waals surface area contributed by atoms with Crippen molar-refractivity contribution in [3.8, 4) is 0 Å². The van der Waals surface area contributed by atoms with E-state index in [9.17, 15) is 4.79 Å². The molecule has 2 rings (SSSR count). The van der Waals surface area contributed by atoms with Crippen molar-refractivity contribution in [2.75, 3.05) is 5.73 Å². The first-order valence-corrected chi connectivity index (χ1v) is 3.94. The fourth-order valence-corrected chi connectivity index (χ4v) is 1.37. The van der Waals surface area contributed by atoms with Crippen LogP contribution >= 0.6 is 0 Å². The smallest absolute Gasteiger partial charge is 0.347 e. The lowest BCUT2D eigenvalue weighted by atomic mass is 10.2. The summed E-state index contributed by atoms with van der Waals surface area (Å²) in [6, 6.07) is 0. The zero-order valence-electron chi connectivity index (χ0n) is 7.43. The van der Waals surface area contributed by atoms with Crippen molar-refractivity contribution in [1.82, 2.24) is 15.0 Å². The monoisotopic (exact) mass is 178 g/mol. The predicted octanol–water partition coefficient (Wildman–Crippen LogP) is 0.450. The van der Waals surface area contributed by atoms with Crippen molar-refractivity contribution in [3.63, 3.8) is 0 Å². The van der Waals surface area contributed by atoms with Gasteiger partial charge in [0.25, 0.3) is 0 Å². The summed E-state index contributed by atoms with van der Waals surface area (Å²) in [6.45, 7) is 3.84. The van der Waals surface area contributed by atoms with E-state index in [1.807, 2.05) is 13.8 Å². The van der Waals surface area contributed by atoms with Gasteiger partial charge < -0.3 is 15.7 Å². The van der Waals surface area contributed by atoms with Crippen LogP contribution in [0.1, 0.15) is 11.3 Å². The van der Waals surface area contributed by atoms with Crippen molar-refractivity contribution >= 4 is 16.9 Å². The Labute approximate surface area is 74.0 Å². The quantitative estimate of drug-likeness (QED) is 0.547. The molecule has 2 aromatic heterocycles. The summed E-state index contributed by atoms with van der Waals surface area (Å²) in [4.78, 5) is 20.3. The van der Waals surface area contributed by atoms with Crippen LogP contribution in [0.5, 0.6) is 0 Å². The number of anilines is 1. The molecule has 2 aromatic rings. The molecule has 0 aromatic carbocycles. The minimum Gasteiger partial charge on any atom is -0.382 e. The van der Waals surface area contributed by atoms with E-state index in [2.05, 4.69) is 15.0 Å². The fourth-order valence-electron chi connectivity index (χ4n) is 1.37. The molecule has 0 amide bonds. The van der Waals surface area contributed by atoms with Crippen LogP contribution in [-0.2, 0) is 0 Å². The molecule has 5 nitrogen and oxygen atoms in total. The molecule has 68 valence electrons. The summed E-state index contributed by atoms with van der Waals surface area (Å²) in [6.07, 6.45) is 0. The number of rotatable bonds is 0. The van der Waals surface area contributed by atoms with Gasteiger partial charge in [-0.1, -0.05) is 0 Å². The number of aromatic nitrogens is 3. The van der Waals surface area contributed by atoms with Gasteiger partial charge in [-0.2, -0.15) is 4.98 Å². The van der Waals surface area contributed by atoms with Gasteiger partial charge in [-0.15, -0.1) is 0 Å². The Balaban J connectivity index is 3.03. The third-order valence-corrected chi connectivity index (χ3v) is 2.21. The first-order valence-electron chi connectivity index (χ1n) is 3.94. The Hall–Kier alpha value is -1.78. The summed E-state index contributed by atoms with van der Waals surface area (Å²) >= 11 is 0. The molecule has 4 N–H and O–H groups in total. The van der Waals surface area contributed by atoms with E-state index in [1.54, 1.807) is 0 Å². The van der Waals surface area contributed by atoms with Crippen molar-refractivity contribution in [3.05, 3.63) is 21.7 Å². The number of nitrogens with one attached hydrogen (secondary N) is 2. The van der Waals surface area contributed by atoms with Crippen LogP contribution in [0.15, 0.2) is 4.79 Å². The summed E-state index contributed by atoms with van der Waals surface area (Å²) < 4.78 is 0. The number of fused-ring (bicyclic) bond motifs is 1. The first kappa shape index (κ1) is 7.85. The van der Waals surface area contributed by atoms with Crippen LogP contribution in [-0.4, -0.2) is 15.0 Å². The molecule has 0 saturated heterocycles. The highest BCUT2D eigenvalue weighted by Gasteiger charge is 2.08. The molecule has 0 fully saturated rings. The van der Waals surface area contributed by atoms with Gasteiger partial charge in [0.1, 0.15) is 5.52 Å². The average Bonchev–Trinajstić information content (AvgIpc) is 2.32. The van der Waals surface area contributed by atoms with Crippen LogP contribution in [0, 0.1) is 13.8 Å². The largest absolute Gasteiger partial charge is 0.382 e.